The predicted octanol–water partition coefficient (Wildman–Crippen LogP) is 1.83. The molecule has 6 heteroatoms. The molecule has 2 N–H and O–H groups in total. The fourth-order valence-corrected chi connectivity index (χ4v) is 4.10. The van der Waals surface area contributed by atoms with Crippen LogP contribution in [0, 0.1) is 5.92 Å². The molecule has 0 radical (unpaired) electrons. The molecule has 1 fully saturated rings. The first kappa shape index (κ1) is 16.4. The third-order valence-electron chi connectivity index (χ3n) is 3.92. The quantitative estimate of drug-likeness (QED) is 0.836. The van der Waals surface area contributed by atoms with E-state index < -0.39 is 9.84 Å². The number of nitrogens with two attached hydrogens (primary N) is 1. The normalized spacial score (nSPS) is 20.3. The van der Waals surface area contributed by atoms with Crippen molar-refractivity contribution in [3.8, 4) is 0 Å². The molecule has 4 nitrogen and oxygen atoms in total. The third kappa shape index (κ3) is 4.49. The zero-order valence-electron chi connectivity index (χ0n) is 12.3. The Morgan fingerprint density at radius 2 is 2.05 bits per heavy atom. The summed E-state index contributed by atoms with van der Waals surface area (Å²) in [5.74, 6) is 0.817. The molecule has 0 aromatic heterocycles. The lowest BCUT2D eigenvalue weighted by molar-refractivity contribution is 0.193. The topological polar surface area (TPSA) is 63.4 Å². The minimum atomic E-state index is -3.25. The number of benzene rings is 1. The third-order valence-corrected chi connectivity index (χ3v) is 5.86. The highest BCUT2D eigenvalue weighted by Gasteiger charge is 2.20. The Kier molecular flexibility index (Phi) is 5.35. The molecule has 21 heavy (non-hydrogen) atoms. The molecule has 2 rings (SSSR count). The van der Waals surface area contributed by atoms with Crippen LogP contribution >= 0.6 is 12.2 Å². The smallest absolute Gasteiger partial charge is 0.179 e. The van der Waals surface area contributed by atoms with Crippen molar-refractivity contribution in [2.75, 3.05) is 25.4 Å². The van der Waals surface area contributed by atoms with E-state index in [4.69, 9.17) is 18.0 Å². The minimum Gasteiger partial charge on any atom is -0.389 e. The summed E-state index contributed by atoms with van der Waals surface area (Å²) in [6.07, 6.45) is 2.40. The Balaban J connectivity index is 1.99. The van der Waals surface area contributed by atoms with Crippen LogP contribution in [0.4, 0.5) is 0 Å². The number of rotatable bonds is 5. The van der Waals surface area contributed by atoms with Crippen molar-refractivity contribution in [1.82, 2.24) is 4.90 Å². The average Bonchev–Trinajstić information content (AvgIpc) is 2.45. The van der Waals surface area contributed by atoms with Crippen LogP contribution in [0.25, 0.3) is 0 Å². The molecular formula is C15H22N2O2S2. The van der Waals surface area contributed by atoms with Crippen LogP contribution in [0.15, 0.2) is 29.2 Å². The molecule has 1 aromatic carbocycles. The lowest BCUT2D eigenvalue weighted by Gasteiger charge is -2.30. The molecule has 0 bridgehead atoms. The molecule has 0 aliphatic carbocycles. The number of nitrogens with zero attached hydrogens (tertiary/aromatic N) is 1. The standard InChI is InChI=1S/C15H22N2O2S2/c1-12-3-2-8-17(11-12)9-10-21(18,19)14-6-4-13(5-7-14)15(16)20/h4-7,12H,2-3,8-11H2,1H3,(H2,16,20). The van der Waals surface area contributed by atoms with Crippen molar-refractivity contribution in [3.63, 3.8) is 0 Å². The SMILES string of the molecule is CC1CCCN(CCS(=O)(=O)c2ccc(C(N)=S)cc2)C1. The molecule has 0 amide bonds. The van der Waals surface area contributed by atoms with Gasteiger partial charge in [-0.2, -0.15) is 0 Å². The van der Waals surface area contributed by atoms with Crippen LogP contribution in [0.1, 0.15) is 25.3 Å². The Morgan fingerprint density at radius 3 is 2.62 bits per heavy atom. The summed E-state index contributed by atoms with van der Waals surface area (Å²) >= 11 is 4.87. The summed E-state index contributed by atoms with van der Waals surface area (Å²) in [6, 6.07) is 6.50. The maximum absolute atomic E-state index is 12.3. The van der Waals surface area contributed by atoms with Crippen molar-refractivity contribution < 1.29 is 8.42 Å². The minimum absolute atomic E-state index is 0.159. The first-order valence-corrected chi connectivity index (χ1v) is 9.29. The Morgan fingerprint density at radius 1 is 1.38 bits per heavy atom. The maximum Gasteiger partial charge on any atom is 0.179 e. The van der Waals surface area contributed by atoms with Gasteiger partial charge in [0, 0.05) is 18.7 Å². The molecule has 0 spiro atoms. The molecule has 1 aliphatic heterocycles. The number of piperidine rings is 1. The van der Waals surface area contributed by atoms with Gasteiger partial charge in [0.1, 0.15) is 4.99 Å². The van der Waals surface area contributed by atoms with Crippen LogP contribution in [0.5, 0.6) is 0 Å². The molecular weight excluding hydrogens is 304 g/mol. The highest BCUT2D eigenvalue weighted by molar-refractivity contribution is 7.91. The van der Waals surface area contributed by atoms with Crippen LogP contribution in [0.2, 0.25) is 0 Å². The Bertz CT molecular complexity index is 597. The summed E-state index contributed by atoms with van der Waals surface area (Å²) in [7, 11) is -3.25. The fourth-order valence-electron chi connectivity index (χ4n) is 2.68. The van der Waals surface area contributed by atoms with Gasteiger partial charge in [0.15, 0.2) is 9.84 Å². The zero-order chi connectivity index (χ0) is 15.5. The van der Waals surface area contributed by atoms with Gasteiger partial charge in [-0.05, 0) is 37.4 Å². The molecule has 1 aliphatic rings. The van der Waals surface area contributed by atoms with Crippen LogP contribution in [-0.4, -0.2) is 43.7 Å². The zero-order valence-corrected chi connectivity index (χ0v) is 13.9. The molecule has 116 valence electrons. The fraction of sp³-hybridized carbons (Fsp3) is 0.533. The van der Waals surface area contributed by atoms with Gasteiger partial charge in [0.25, 0.3) is 0 Å². The van der Waals surface area contributed by atoms with Gasteiger partial charge in [-0.25, -0.2) is 8.42 Å². The summed E-state index contributed by atoms with van der Waals surface area (Å²) in [5.41, 5.74) is 6.21. The second-order valence-corrected chi connectivity index (χ2v) is 8.30. The number of hydrogen-bond donors (Lipinski definition) is 1. The second kappa shape index (κ2) is 6.85. The van der Waals surface area contributed by atoms with Gasteiger partial charge in [-0.1, -0.05) is 31.3 Å². The van der Waals surface area contributed by atoms with Gasteiger partial charge < -0.3 is 10.6 Å². The van der Waals surface area contributed by atoms with Crippen LogP contribution in [0.3, 0.4) is 0 Å². The predicted molar refractivity (Wildman–Crippen MR) is 89.2 cm³/mol. The lowest BCUT2D eigenvalue weighted by Crippen LogP contribution is -2.37. The van der Waals surface area contributed by atoms with Gasteiger partial charge in [0.05, 0.1) is 10.6 Å². The van der Waals surface area contributed by atoms with Crippen molar-refractivity contribution in [3.05, 3.63) is 29.8 Å². The van der Waals surface area contributed by atoms with E-state index in [1.807, 2.05) is 0 Å². The first-order chi connectivity index (χ1) is 9.88. The molecule has 1 heterocycles. The van der Waals surface area contributed by atoms with Crippen molar-refractivity contribution in [1.29, 1.82) is 0 Å². The second-order valence-electron chi connectivity index (χ2n) is 5.76. The van der Waals surface area contributed by atoms with E-state index in [2.05, 4.69) is 11.8 Å². The van der Waals surface area contributed by atoms with E-state index in [0.717, 1.165) is 19.5 Å². The van der Waals surface area contributed by atoms with Gasteiger partial charge in [-0.15, -0.1) is 0 Å². The van der Waals surface area contributed by atoms with Gasteiger partial charge in [0.2, 0.25) is 0 Å². The number of thiocarbonyl (C=S) groups is 1. The number of hydrogen-bond acceptors (Lipinski definition) is 4. The van der Waals surface area contributed by atoms with E-state index in [9.17, 15) is 8.42 Å². The number of sulfone groups is 1. The van der Waals surface area contributed by atoms with E-state index >= 15 is 0 Å². The summed E-state index contributed by atoms with van der Waals surface area (Å²) in [6.45, 7) is 4.81. The summed E-state index contributed by atoms with van der Waals surface area (Å²) < 4.78 is 24.7. The molecule has 1 atom stereocenters. The maximum atomic E-state index is 12.3. The molecule has 1 aromatic rings. The van der Waals surface area contributed by atoms with Crippen molar-refractivity contribution in [2.45, 2.75) is 24.7 Å². The van der Waals surface area contributed by atoms with Crippen LogP contribution in [-0.2, 0) is 9.84 Å². The highest BCUT2D eigenvalue weighted by Crippen LogP contribution is 2.17. The average molecular weight is 326 g/mol. The van der Waals surface area contributed by atoms with Gasteiger partial charge >= 0.3 is 0 Å². The monoisotopic (exact) mass is 326 g/mol. The Hall–Kier alpha value is -0.980. The van der Waals surface area contributed by atoms with E-state index in [1.54, 1.807) is 24.3 Å². The van der Waals surface area contributed by atoms with E-state index in [1.165, 1.54) is 6.42 Å². The number of likely N-dealkylation sites (tertiary alicyclic amines) is 1. The molecule has 1 saturated heterocycles. The largest absolute Gasteiger partial charge is 0.389 e. The summed E-state index contributed by atoms with van der Waals surface area (Å²) in [5, 5.41) is 0. The highest BCUT2D eigenvalue weighted by atomic mass is 32.2. The lowest BCUT2D eigenvalue weighted by atomic mass is 10.0. The van der Waals surface area contributed by atoms with Crippen LogP contribution < -0.4 is 5.73 Å². The first-order valence-electron chi connectivity index (χ1n) is 7.23. The van der Waals surface area contributed by atoms with Crippen molar-refractivity contribution in [2.24, 2.45) is 11.7 Å². The van der Waals surface area contributed by atoms with Gasteiger partial charge in [-0.3, -0.25) is 0 Å². The Labute approximate surface area is 132 Å². The molecule has 0 saturated carbocycles. The van der Waals surface area contributed by atoms with E-state index in [-0.39, 0.29) is 10.7 Å². The molecule has 1 unspecified atom stereocenters. The van der Waals surface area contributed by atoms with E-state index in [0.29, 0.717) is 22.9 Å². The van der Waals surface area contributed by atoms with Crippen molar-refractivity contribution >= 4 is 27.0 Å². The summed E-state index contributed by atoms with van der Waals surface area (Å²) in [4.78, 5) is 2.86.